The van der Waals surface area contributed by atoms with Crippen molar-refractivity contribution in [3.8, 4) is 11.5 Å². The first-order valence-electron chi connectivity index (χ1n) is 15.8. The molecule has 4 atom stereocenters. The van der Waals surface area contributed by atoms with Crippen LogP contribution in [0.2, 0.25) is 0 Å². The molecule has 11 heteroatoms. The summed E-state index contributed by atoms with van der Waals surface area (Å²) in [5.41, 5.74) is 2.04. The lowest BCUT2D eigenvalue weighted by Gasteiger charge is -2.43. The first kappa shape index (κ1) is 32.0. The number of nitrogens with one attached hydrogen (secondary N) is 1. The molecule has 1 fully saturated rings. The van der Waals surface area contributed by atoms with Crippen molar-refractivity contribution in [1.29, 1.82) is 0 Å². The number of nitrogens with zero attached hydrogens (tertiary/aromatic N) is 4. The monoisotopic (exact) mass is 657 g/mol. The molecule has 1 saturated heterocycles. The highest BCUT2D eigenvalue weighted by Gasteiger charge is 2.53. The lowest BCUT2D eigenvalue weighted by atomic mass is 9.63. The van der Waals surface area contributed by atoms with Gasteiger partial charge in [-0.1, -0.05) is 84.9 Å². The second-order valence-electron chi connectivity index (χ2n) is 11.8. The smallest absolute Gasteiger partial charge is 0.256 e. The topological polar surface area (TPSA) is 141 Å². The van der Waals surface area contributed by atoms with Gasteiger partial charge in [0.1, 0.15) is 23.9 Å². The van der Waals surface area contributed by atoms with Gasteiger partial charge in [0.25, 0.3) is 5.91 Å². The van der Waals surface area contributed by atoms with Crippen LogP contribution in [0.25, 0.3) is 11.2 Å². The van der Waals surface area contributed by atoms with E-state index < -0.39 is 30.0 Å². The van der Waals surface area contributed by atoms with Gasteiger partial charge in [-0.25, -0.2) is 15.0 Å². The number of methoxy groups -OCH3 is 2. The molecule has 49 heavy (non-hydrogen) atoms. The van der Waals surface area contributed by atoms with Crippen LogP contribution in [0.4, 0.5) is 5.82 Å². The maximum Gasteiger partial charge on any atom is 0.256 e. The summed E-state index contributed by atoms with van der Waals surface area (Å²) in [5, 5.41) is 27.2. The molecule has 0 bridgehead atoms. The predicted molar refractivity (Wildman–Crippen MR) is 183 cm³/mol. The normalized spacial score (nSPS) is 18.2. The number of amides is 1. The summed E-state index contributed by atoms with van der Waals surface area (Å²) in [7, 11) is 3.19. The minimum absolute atomic E-state index is 0.0903. The summed E-state index contributed by atoms with van der Waals surface area (Å²) >= 11 is 0. The fourth-order valence-corrected chi connectivity index (χ4v) is 6.90. The number of fused-ring (bicyclic) bond motifs is 1. The SMILES string of the molecule is COc1ccccc1C(c1ccccc1)(c1ccccc1OC)C(O)[C@@H]1C[C@@H](O)[C@H](n2cnc3c(NC(=O)c4ccccc4)ncnc32)O1. The summed E-state index contributed by atoms with van der Waals surface area (Å²) in [6.45, 7) is 0. The Morgan fingerprint density at radius 1 is 0.857 bits per heavy atom. The zero-order valence-electron chi connectivity index (χ0n) is 26.9. The number of rotatable bonds is 10. The van der Waals surface area contributed by atoms with Crippen LogP contribution in [0.15, 0.2) is 122 Å². The molecule has 1 amide bonds. The van der Waals surface area contributed by atoms with Crippen molar-refractivity contribution in [2.24, 2.45) is 0 Å². The quantitative estimate of drug-likeness (QED) is 0.171. The van der Waals surface area contributed by atoms with Gasteiger partial charge < -0.3 is 29.7 Å². The fraction of sp³-hybridized carbons (Fsp3) is 0.211. The van der Waals surface area contributed by atoms with Crippen LogP contribution < -0.4 is 14.8 Å². The highest BCUT2D eigenvalue weighted by atomic mass is 16.5. The van der Waals surface area contributed by atoms with Gasteiger partial charge in [0.05, 0.1) is 38.2 Å². The second kappa shape index (κ2) is 13.5. The van der Waals surface area contributed by atoms with E-state index >= 15 is 0 Å². The van der Waals surface area contributed by atoms with Gasteiger partial charge in [-0.15, -0.1) is 0 Å². The van der Waals surface area contributed by atoms with Crippen molar-refractivity contribution < 1.29 is 29.2 Å². The molecule has 3 heterocycles. The Kier molecular flexibility index (Phi) is 8.79. The molecule has 7 rings (SSSR count). The number of hydrogen-bond donors (Lipinski definition) is 3. The van der Waals surface area contributed by atoms with Gasteiger partial charge in [-0.2, -0.15) is 0 Å². The first-order valence-corrected chi connectivity index (χ1v) is 15.8. The third kappa shape index (κ3) is 5.57. The Morgan fingerprint density at radius 3 is 2.08 bits per heavy atom. The Labute approximate surface area is 282 Å². The number of hydrogen-bond acceptors (Lipinski definition) is 9. The molecular formula is C38H35N5O6. The van der Waals surface area contributed by atoms with Gasteiger partial charge >= 0.3 is 0 Å². The Balaban J connectivity index is 1.30. The van der Waals surface area contributed by atoms with E-state index in [1.807, 2.05) is 84.9 Å². The van der Waals surface area contributed by atoms with Crippen LogP contribution in [-0.4, -0.2) is 68.2 Å². The largest absolute Gasteiger partial charge is 0.496 e. The van der Waals surface area contributed by atoms with Crippen LogP contribution in [0.5, 0.6) is 11.5 Å². The number of imidazole rings is 1. The number of aliphatic hydroxyl groups is 2. The van der Waals surface area contributed by atoms with E-state index in [2.05, 4.69) is 20.3 Å². The highest BCUT2D eigenvalue weighted by molar-refractivity contribution is 6.06. The highest BCUT2D eigenvalue weighted by Crippen LogP contribution is 2.51. The van der Waals surface area contributed by atoms with E-state index in [1.54, 1.807) is 43.1 Å². The van der Waals surface area contributed by atoms with Gasteiger partial charge in [-0.3, -0.25) is 9.36 Å². The van der Waals surface area contributed by atoms with Crippen LogP contribution in [0, 0.1) is 0 Å². The van der Waals surface area contributed by atoms with Gasteiger partial charge in [0.2, 0.25) is 0 Å². The molecular weight excluding hydrogens is 622 g/mol. The van der Waals surface area contributed by atoms with Crippen LogP contribution in [0.3, 0.4) is 0 Å². The van der Waals surface area contributed by atoms with Crippen molar-refractivity contribution >= 4 is 22.9 Å². The van der Waals surface area contributed by atoms with E-state index in [0.29, 0.717) is 39.4 Å². The number of carbonyl (C=O) groups is 1. The van der Waals surface area contributed by atoms with Crippen molar-refractivity contribution in [2.75, 3.05) is 19.5 Å². The number of carbonyl (C=O) groups excluding carboxylic acids is 1. The van der Waals surface area contributed by atoms with E-state index in [-0.39, 0.29) is 18.1 Å². The van der Waals surface area contributed by atoms with Gasteiger partial charge in [0, 0.05) is 23.1 Å². The van der Waals surface area contributed by atoms with Crippen molar-refractivity contribution in [3.63, 3.8) is 0 Å². The van der Waals surface area contributed by atoms with Gasteiger partial charge in [-0.05, 0) is 29.8 Å². The third-order valence-electron chi connectivity index (χ3n) is 9.11. The van der Waals surface area contributed by atoms with Gasteiger partial charge in [0.15, 0.2) is 23.2 Å². The molecule has 1 aliphatic rings. The molecule has 0 saturated carbocycles. The summed E-state index contributed by atoms with van der Waals surface area (Å²) in [6, 6.07) is 33.6. The van der Waals surface area contributed by atoms with E-state index in [1.165, 1.54) is 12.7 Å². The lowest BCUT2D eigenvalue weighted by Crippen LogP contribution is -2.49. The van der Waals surface area contributed by atoms with E-state index in [4.69, 9.17) is 14.2 Å². The molecule has 6 aromatic rings. The minimum Gasteiger partial charge on any atom is -0.496 e. The Hall–Kier alpha value is -5.62. The number of aromatic nitrogens is 4. The van der Waals surface area contributed by atoms with Crippen LogP contribution >= 0.6 is 0 Å². The maximum atomic E-state index is 12.9. The Morgan fingerprint density at radius 2 is 1.45 bits per heavy atom. The van der Waals surface area contributed by atoms with Crippen LogP contribution in [0.1, 0.15) is 39.7 Å². The molecule has 1 aliphatic heterocycles. The molecule has 0 radical (unpaired) electrons. The van der Waals surface area contributed by atoms with Crippen molar-refractivity contribution in [2.45, 2.75) is 36.4 Å². The summed E-state index contributed by atoms with van der Waals surface area (Å²) < 4.78 is 20.0. The average molecular weight is 658 g/mol. The summed E-state index contributed by atoms with van der Waals surface area (Å²) in [6.07, 6.45) is -1.24. The average Bonchev–Trinajstić information content (AvgIpc) is 3.76. The van der Waals surface area contributed by atoms with E-state index in [0.717, 1.165) is 5.56 Å². The van der Waals surface area contributed by atoms with Crippen molar-refractivity contribution in [1.82, 2.24) is 19.5 Å². The molecule has 248 valence electrons. The molecule has 0 aliphatic carbocycles. The molecule has 3 N–H and O–H groups in total. The summed E-state index contributed by atoms with van der Waals surface area (Å²) in [5.74, 6) is 1.00. The molecule has 11 nitrogen and oxygen atoms in total. The van der Waals surface area contributed by atoms with E-state index in [9.17, 15) is 15.0 Å². The minimum atomic E-state index is -1.27. The third-order valence-corrected chi connectivity index (χ3v) is 9.11. The molecule has 1 unspecified atom stereocenters. The van der Waals surface area contributed by atoms with Crippen LogP contribution in [-0.2, 0) is 10.2 Å². The predicted octanol–water partition coefficient (Wildman–Crippen LogP) is 5.14. The number of para-hydroxylation sites is 2. The zero-order valence-corrected chi connectivity index (χ0v) is 26.9. The second-order valence-corrected chi connectivity index (χ2v) is 11.8. The maximum absolute atomic E-state index is 12.9. The molecule has 4 aromatic carbocycles. The Bertz CT molecular complexity index is 2020. The summed E-state index contributed by atoms with van der Waals surface area (Å²) in [4.78, 5) is 26.1. The fourth-order valence-electron chi connectivity index (χ4n) is 6.90. The number of aliphatic hydroxyl groups excluding tert-OH is 2. The number of anilines is 1. The molecule has 0 spiro atoms. The lowest BCUT2D eigenvalue weighted by molar-refractivity contribution is -0.0860. The van der Waals surface area contributed by atoms with Crippen molar-refractivity contribution in [3.05, 3.63) is 144 Å². The molecule has 2 aromatic heterocycles. The number of ether oxygens (including phenoxy) is 3. The number of benzene rings is 4. The first-order chi connectivity index (χ1) is 24.0. The zero-order chi connectivity index (χ0) is 34.0. The standard InChI is InChI=1S/C38H35N5O6/c1-47-29-19-11-9-17-26(29)38(25-15-7-4-8-16-25,27-18-10-12-20-30(27)48-2)33(45)31-21-28(44)37(49-31)43-23-41-32-34(39-22-40-35(32)43)42-36(46)24-13-5-3-6-14-24/h3-20,22-23,28,31,33,37,44-45H,21H2,1-2H3,(H,39,40,42,46)/t28-,31+,33?,37-/m1/s1.